The van der Waals surface area contributed by atoms with Gasteiger partial charge in [-0.3, -0.25) is 0 Å². The number of hydrogen-bond acceptors (Lipinski definition) is 6. The second-order valence-corrected chi connectivity index (χ2v) is 4.74. The lowest BCUT2D eigenvalue weighted by Crippen LogP contribution is -2.24. The van der Waals surface area contributed by atoms with Gasteiger partial charge in [-0.2, -0.15) is 15.0 Å². The van der Waals surface area contributed by atoms with Crippen LogP contribution in [0.15, 0.2) is 0 Å². The minimum Gasteiger partial charge on any atom is -0.357 e. The summed E-state index contributed by atoms with van der Waals surface area (Å²) in [6.07, 6.45) is 1.21. The Morgan fingerprint density at radius 3 is 2.59 bits per heavy atom. The van der Waals surface area contributed by atoms with Crippen LogP contribution in [0.3, 0.4) is 0 Å². The Hall–Kier alpha value is -1.59. The molecule has 0 amide bonds. The number of nitrogens with one attached hydrogen (secondary N) is 1. The normalized spacial score (nSPS) is 19.5. The molecule has 0 radical (unpaired) electrons. The van der Waals surface area contributed by atoms with Crippen molar-refractivity contribution in [3.8, 4) is 0 Å². The number of anilines is 3. The summed E-state index contributed by atoms with van der Waals surface area (Å²) in [7, 11) is 5.70. The van der Waals surface area contributed by atoms with Crippen LogP contribution in [-0.2, 0) is 0 Å². The van der Waals surface area contributed by atoms with Gasteiger partial charge in [-0.1, -0.05) is 6.92 Å². The van der Waals surface area contributed by atoms with Crippen LogP contribution in [0.1, 0.15) is 13.3 Å². The number of nitrogens with zero attached hydrogens (tertiary/aromatic N) is 5. The van der Waals surface area contributed by atoms with E-state index in [0.717, 1.165) is 19.0 Å². The maximum absolute atomic E-state index is 4.49. The van der Waals surface area contributed by atoms with E-state index >= 15 is 0 Å². The second kappa shape index (κ2) is 4.73. The molecule has 6 nitrogen and oxygen atoms in total. The maximum Gasteiger partial charge on any atom is 0.231 e. The summed E-state index contributed by atoms with van der Waals surface area (Å²) in [6, 6.07) is 0. The molecule has 17 heavy (non-hydrogen) atoms. The van der Waals surface area contributed by atoms with E-state index in [-0.39, 0.29) is 0 Å². The average Bonchev–Trinajstić information content (AvgIpc) is 2.75. The van der Waals surface area contributed by atoms with Gasteiger partial charge in [-0.25, -0.2) is 0 Å². The summed E-state index contributed by atoms with van der Waals surface area (Å²) in [5.41, 5.74) is 0. The van der Waals surface area contributed by atoms with Gasteiger partial charge in [-0.05, 0) is 12.3 Å². The van der Waals surface area contributed by atoms with E-state index in [4.69, 9.17) is 0 Å². The van der Waals surface area contributed by atoms with Gasteiger partial charge in [0.2, 0.25) is 17.8 Å². The van der Waals surface area contributed by atoms with E-state index < -0.39 is 0 Å². The van der Waals surface area contributed by atoms with Gasteiger partial charge in [0.05, 0.1) is 0 Å². The van der Waals surface area contributed by atoms with Gasteiger partial charge in [0.25, 0.3) is 0 Å². The summed E-state index contributed by atoms with van der Waals surface area (Å²) >= 11 is 0. The maximum atomic E-state index is 4.49. The molecule has 1 aliphatic rings. The summed E-state index contributed by atoms with van der Waals surface area (Å²) in [4.78, 5) is 17.3. The topological polar surface area (TPSA) is 57.2 Å². The molecule has 1 atom stereocenters. The van der Waals surface area contributed by atoms with Crippen LogP contribution in [0.25, 0.3) is 0 Å². The monoisotopic (exact) mass is 236 g/mol. The fraction of sp³-hybridized carbons (Fsp3) is 0.727. The lowest BCUT2D eigenvalue weighted by Gasteiger charge is -2.18. The van der Waals surface area contributed by atoms with Crippen molar-refractivity contribution in [2.45, 2.75) is 13.3 Å². The molecule has 0 aromatic carbocycles. The van der Waals surface area contributed by atoms with Gasteiger partial charge in [0, 0.05) is 34.2 Å². The van der Waals surface area contributed by atoms with Crippen LogP contribution in [0.5, 0.6) is 0 Å². The Labute approximate surface area is 102 Å². The Balaban J connectivity index is 2.29. The molecule has 2 rings (SSSR count). The Kier molecular flexibility index (Phi) is 3.31. The first-order chi connectivity index (χ1) is 8.10. The molecule has 94 valence electrons. The zero-order valence-corrected chi connectivity index (χ0v) is 10.9. The third-order valence-electron chi connectivity index (χ3n) is 2.94. The Bertz CT molecular complexity index is 392. The molecular formula is C11H20N6. The van der Waals surface area contributed by atoms with Crippen LogP contribution >= 0.6 is 0 Å². The van der Waals surface area contributed by atoms with E-state index in [1.54, 1.807) is 0 Å². The highest BCUT2D eigenvalue weighted by atomic mass is 15.4. The predicted octanol–water partition coefficient (Wildman–Crippen LogP) is 0.825. The van der Waals surface area contributed by atoms with Crippen molar-refractivity contribution in [3.63, 3.8) is 0 Å². The van der Waals surface area contributed by atoms with Crippen LogP contribution in [0, 0.1) is 5.92 Å². The fourth-order valence-corrected chi connectivity index (χ4v) is 1.92. The van der Waals surface area contributed by atoms with E-state index in [1.165, 1.54) is 6.42 Å². The molecule has 1 aromatic rings. The van der Waals surface area contributed by atoms with E-state index in [0.29, 0.717) is 17.8 Å². The van der Waals surface area contributed by atoms with Crippen molar-refractivity contribution in [3.05, 3.63) is 0 Å². The molecule has 0 bridgehead atoms. The minimum absolute atomic E-state index is 0.623. The summed E-state index contributed by atoms with van der Waals surface area (Å²) in [5, 5.41) is 2.98. The zero-order valence-electron chi connectivity index (χ0n) is 10.9. The van der Waals surface area contributed by atoms with Crippen LogP contribution in [0.2, 0.25) is 0 Å². The van der Waals surface area contributed by atoms with Crippen molar-refractivity contribution in [1.82, 2.24) is 15.0 Å². The van der Waals surface area contributed by atoms with E-state index in [2.05, 4.69) is 32.1 Å². The first-order valence-corrected chi connectivity index (χ1v) is 5.96. The molecule has 0 spiro atoms. The van der Waals surface area contributed by atoms with Crippen LogP contribution < -0.4 is 15.1 Å². The molecule has 1 saturated heterocycles. The van der Waals surface area contributed by atoms with Crippen molar-refractivity contribution >= 4 is 17.8 Å². The summed E-state index contributed by atoms with van der Waals surface area (Å²) < 4.78 is 0. The van der Waals surface area contributed by atoms with E-state index in [1.807, 2.05) is 26.0 Å². The van der Waals surface area contributed by atoms with Crippen molar-refractivity contribution in [1.29, 1.82) is 0 Å². The lowest BCUT2D eigenvalue weighted by molar-refractivity contribution is 0.658. The summed E-state index contributed by atoms with van der Waals surface area (Å²) in [5.74, 6) is 2.81. The van der Waals surface area contributed by atoms with Gasteiger partial charge in [0.15, 0.2) is 0 Å². The number of rotatable bonds is 3. The quantitative estimate of drug-likeness (QED) is 0.838. The fourth-order valence-electron chi connectivity index (χ4n) is 1.92. The molecule has 6 heteroatoms. The smallest absolute Gasteiger partial charge is 0.231 e. The van der Waals surface area contributed by atoms with Crippen LogP contribution in [-0.4, -0.2) is 49.2 Å². The van der Waals surface area contributed by atoms with Gasteiger partial charge < -0.3 is 15.1 Å². The molecular weight excluding hydrogens is 216 g/mol. The van der Waals surface area contributed by atoms with E-state index in [9.17, 15) is 0 Å². The molecule has 1 aliphatic heterocycles. The highest BCUT2D eigenvalue weighted by Gasteiger charge is 2.22. The first kappa shape index (κ1) is 11.9. The van der Waals surface area contributed by atoms with Crippen molar-refractivity contribution in [2.75, 3.05) is 49.3 Å². The van der Waals surface area contributed by atoms with Crippen molar-refractivity contribution < 1.29 is 0 Å². The van der Waals surface area contributed by atoms with Crippen LogP contribution in [0.4, 0.5) is 17.8 Å². The number of hydrogen-bond donors (Lipinski definition) is 1. The third-order valence-corrected chi connectivity index (χ3v) is 2.94. The highest BCUT2D eigenvalue weighted by Crippen LogP contribution is 2.22. The third kappa shape index (κ3) is 2.57. The molecule has 1 unspecified atom stereocenters. The highest BCUT2D eigenvalue weighted by molar-refractivity contribution is 5.44. The minimum atomic E-state index is 0.623. The predicted molar refractivity (Wildman–Crippen MR) is 69.7 cm³/mol. The number of aromatic nitrogens is 3. The Morgan fingerprint density at radius 1 is 1.29 bits per heavy atom. The lowest BCUT2D eigenvalue weighted by atomic mass is 10.2. The molecule has 0 saturated carbocycles. The first-order valence-electron chi connectivity index (χ1n) is 5.96. The standard InChI is InChI=1S/C11H20N6/c1-8-5-6-17(7-8)11-14-9(12-2)13-10(15-11)16(3)4/h8H,5-7H2,1-4H3,(H,12,13,14,15). The van der Waals surface area contributed by atoms with Crippen molar-refractivity contribution in [2.24, 2.45) is 5.92 Å². The van der Waals surface area contributed by atoms with Gasteiger partial charge in [0.1, 0.15) is 0 Å². The second-order valence-electron chi connectivity index (χ2n) is 4.74. The zero-order chi connectivity index (χ0) is 12.4. The van der Waals surface area contributed by atoms with Gasteiger partial charge in [-0.15, -0.1) is 0 Å². The summed E-state index contributed by atoms with van der Waals surface area (Å²) in [6.45, 7) is 4.31. The largest absolute Gasteiger partial charge is 0.357 e. The van der Waals surface area contributed by atoms with Gasteiger partial charge >= 0.3 is 0 Å². The SMILES string of the molecule is CNc1nc(N(C)C)nc(N2CCC(C)C2)n1. The average molecular weight is 236 g/mol. The molecule has 2 heterocycles. The molecule has 0 aliphatic carbocycles. The Morgan fingerprint density at radius 2 is 2.06 bits per heavy atom. The molecule has 1 N–H and O–H groups in total. The molecule has 1 aromatic heterocycles. The molecule has 1 fully saturated rings.